The lowest BCUT2D eigenvalue weighted by Gasteiger charge is -2.12. The minimum absolute atomic E-state index is 0.435. The Hall–Kier alpha value is -2.00. The van der Waals surface area contributed by atoms with Crippen molar-refractivity contribution in [1.82, 2.24) is 4.98 Å². The Kier molecular flexibility index (Phi) is 5.02. The first-order chi connectivity index (χ1) is 9.50. The van der Waals surface area contributed by atoms with Crippen LogP contribution in [0.5, 0.6) is 5.88 Å². The number of carbonyl (C=O) groups is 1. The number of hydrogen-bond acceptors (Lipinski definition) is 3. The summed E-state index contributed by atoms with van der Waals surface area (Å²) >= 11 is 0. The molecule has 21 heavy (non-hydrogen) atoms. The van der Waals surface area contributed by atoms with Crippen LogP contribution in [0.1, 0.15) is 28.9 Å². The van der Waals surface area contributed by atoms with E-state index in [2.05, 4.69) is 4.98 Å². The monoisotopic (exact) mass is 316 g/mol. The second kappa shape index (κ2) is 6.19. The zero-order chi connectivity index (χ0) is 16.3. The van der Waals surface area contributed by atoms with Gasteiger partial charge in [0.05, 0.1) is 6.61 Å². The molecule has 0 fully saturated rings. The van der Waals surface area contributed by atoms with Gasteiger partial charge in [-0.1, -0.05) is 0 Å². The number of ether oxygens (including phenoxy) is 1. The van der Waals surface area contributed by atoms with E-state index in [0.29, 0.717) is 6.07 Å². The summed E-state index contributed by atoms with van der Waals surface area (Å²) in [6.45, 7) is -0.548. The maximum atomic E-state index is 12.5. The molecule has 0 aliphatic heterocycles. The number of carbonyl (C=O) groups excluding carboxylic acids is 1. The molecule has 0 aliphatic rings. The molecule has 2 N–H and O–H groups in total. The molecule has 0 radical (unpaired) electrons. The molecule has 0 atom stereocenters. The number of aromatic nitrogens is 1. The number of pyridine rings is 1. The summed E-state index contributed by atoms with van der Waals surface area (Å²) in [6.07, 6.45) is -10.8. The molecule has 0 bridgehead atoms. The highest BCUT2D eigenvalue weighted by Crippen LogP contribution is 2.30. The Bertz CT molecular complexity index is 512. The Morgan fingerprint density at radius 3 is 2.29 bits per heavy atom. The topological polar surface area (TPSA) is 65.2 Å². The summed E-state index contributed by atoms with van der Waals surface area (Å²) in [4.78, 5) is 14.1. The van der Waals surface area contributed by atoms with Crippen LogP contribution in [0.2, 0.25) is 0 Å². The first-order valence-corrected chi connectivity index (χ1v) is 5.58. The number of hydrogen-bond donors (Lipinski definition) is 1. The van der Waals surface area contributed by atoms with Crippen molar-refractivity contribution in [2.75, 3.05) is 6.61 Å². The van der Waals surface area contributed by atoms with Gasteiger partial charge >= 0.3 is 12.4 Å². The Labute approximate surface area is 114 Å². The SMILES string of the molecule is NC(=O)c1ccc(C(F)(F)F)nc1OCCCC(F)(F)F. The molecule has 0 spiro atoms. The fraction of sp³-hybridized carbons (Fsp3) is 0.455. The average molecular weight is 316 g/mol. The molecule has 1 heterocycles. The van der Waals surface area contributed by atoms with Crippen LogP contribution < -0.4 is 10.5 Å². The van der Waals surface area contributed by atoms with Gasteiger partial charge in [0, 0.05) is 6.42 Å². The van der Waals surface area contributed by atoms with Crippen molar-refractivity contribution >= 4 is 5.91 Å². The van der Waals surface area contributed by atoms with E-state index >= 15 is 0 Å². The second-order valence-corrected chi connectivity index (χ2v) is 3.98. The van der Waals surface area contributed by atoms with Gasteiger partial charge in [-0.25, -0.2) is 4.98 Å². The van der Waals surface area contributed by atoms with Crippen LogP contribution in [0.25, 0.3) is 0 Å². The van der Waals surface area contributed by atoms with Crippen molar-refractivity contribution in [3.63, 3.8) is 0 Å². The Morgan fingerprint density at radius 1 is 1.19 bits per heavy atom. The molecule has 1 aromatic heterocycles. The van der Waals surface area contributed by atoms with Crippen molar-refractivity contribution in [1.29, 1.82) is 0 Å². The van der Waals surface area contributed by atoms with Gasteiger partial charge in [-0.15, -0.1) is 0 Å². The van der Waals surface area contributed by atoms with Crippen LogP contribution in [-0.4, -0.2) is 23.7 Å². The van der Waals surface area contributed by atoms with Gasteiger partial charge in [0.15, 0.2) is 0 Å². The van der Waals surface area contributed by atoms with Crippen molar-refractivity contribution < 1.29 is 35.9 Å². The molecule has 0 aromatic carbocycles. The second-order valence-electron chi connectivity index (χ2n) is 3.98. The third-order valence-electron chi connectivity index (χ3n) is 2.26. The lowest BCUT2D eigenvalue weighted by atomic mass is 10.2. The van der Waals surface area contributed by atoms with Crippen LogP contribution in [-0.2, 0) is 6.18 Å². The van der Waals surface area contributed by atoms with Crippen molar-refractivity contribution in [2.24, 2.45) is 5.73 Å². The van der Waals surface area contributed by atoms with E-state index in [1.807, 2.05) is 0 Å². The van der Waals surface area contributed by atoms with E-state index < -0.39 is 54.8 Å². The van der Waals surface area contributed by atoms with Gasteiger partial charge < -0.3 is 10.5 Å². The van der Waals surface area contributed by atoms with E-state index in [0.717, 1.165) is 6.07 Å². The summed E-state index contributed by atoms with van der Waals surface area (Å²) in [5.74, 6) is -1.83. The molecule has 0 saturated carbocycles. The maximum absolute atomic E-state index is 12.5. The number of alkyl halides is 6. The van der Waals surface area contributed by atoms with E-state index in [1.165, 1.54) is 0 Å². The predicted molar refractivity (Wildman–Crippen MR) is 58.5 cm³/mol. The fourth-order valence-corrected chi connectivity index (χ4v) is 1.34. The summed E-state index contributed by atoms with van der Waals surface area (Å²) < 4.78 is 77.9. The number of primary amides is 1. The standard InChI is InChI=1S/C11H10F6N2O2/c12-10(13,14)4-1-5-21-9-6(8(18)20)2-3-7(19-9)11(15,16)17/h2-3H,1,4-5H2,(H2,18,20). The number of rotatable bonds is 5. The molecule has 1 rings (SSSR count). The van der Waals surface area contributed by atoms with E-state index in [4.69, 9.17) is 10.5 Å². The fourth-order valence-electron chi connectivity index (χ4n) is 1.34. The molecule has 0 aliphatic carbocycles. The largest absolute Gasteiger partial charge is 0.477 e. The van der Waals surface area contributed by atoms with Crippen LogP contribution >= 0.6 is 0 Å². The van der Waals surface area contributed by atoms with Crippen LogP contribution in [0.3, 0.4) is 0 Å². The highest BCUT2D eigenvalue weighted by Gasteiger charge is 2.34. The number of nitrogens with two attached hydrogens (primary N) is 1. The summed E-state index contributed by atoms with van der Waals surface area (Å²) in [7, 11) is 0. The molecule has 1 amide bonds. The smallest absolute Gasteiger partial charge is 0.433 e. The number of nitrogens with zero attached hydrogens (tertiary/aromatic N) is 1. The van der Waals surface area contributed by atoms with Crippen LogP contribution in [0.4, 0.5) is 26.3 Å². The number of halogens is 6. The van der Waals surface area contributed by atoms with Gasteiger partial charge in [-0.3, -0.25) is 4.79 Å². The van der Waals surface area contributed by atoms with Crippen molar-refractivity contribution in [3.8, 4) is 5.88 Å². The first-order valence-electron chi connectivity index (χ1n) is 5.58. The van der Waals surface area contributed by atoms with Gasteiger partial charge in [0.1, 0.15) is 11.3 Å². The summed E-state index contributed by atoms with van der Waals surface area (Å²) in [6, 6.07) is 1.29. The molecule has 1 aromatic rings. The molecular weight excluding hydrogens is 306 g/mol. The molecule has 4 nitrogen and oxygen atoms in total. The first kappa shape index (κ1) is 17.1. The molecule has 118 valence electrons. The van der Waals surface area contributed by atoms with Crippen LogP contribution in [0.15, 0.2) is 12.1 Å². The molecule has 0 saturated heterocycles. The highest BCUT2D eigenvalue weighted by molar-refractivity contribution is 5.95. The maximum Gasteiger partial charge on any atom is 0.433 e. The van der Waals surface area contributed by atoms with E-state index in [1.54, 1.807) is 0 Å². The number of amides is 1. The minimum atomic E-state index is -4.78. The van der Waals surface area contributed by atoms with Crippen LogP contribution in [0, 0.1) is 0 Å². The third-order valence-corrected chi connectivity index (χ3v) is 2.26. The highest BCUT2D eigenvalue weighted by atomic mass is 19.4. The average Bonchev–Trinajstić information content (AvgIpc) is 2.32. The minimum Gasteiger partial charge on any atom is -0.477 e. The van der Waals surface area contributed by atoms with E-state index in [-0.39, 0.29) is 0 Å². The normalized spacial score (nSPS) is 12.3. The summed E-state index contributed by atoms with van der Waals surface area (Å²) in [5, 5.41) is 0. The van der Waals surface area contributed by atoms with Gasteiger partial charge in [-0.2, -0.15) is 26.3 Å². The van der Waals surface area contributed by atoms with Crippen molar-refractivity contribution in [3.05, 3.63) is 23.4 Å². The molecular formula is C11H10F6N2O2. The zero-order valence-corrected chi connectivity index (χ0v) is 10.4. The summed E-state index contributed by atoms with van der Waals surface area (Å²) in [5.41, 5.74) is 3.16. The van der Waals surface area contributed by atoms with E-state index in [9.17, 15) is 31.1 Å². The third kappa shape index (κ3) is 5.48. The van der Waals surface area contributed by atoms with Gasteiger partial charge in [-0.05, 0) is 18.6 Å². The van der Waals surface area contributed by atoms with Gasteiger partial charge in [0.2, 0.25) is 5.88 Å². The predicted octanol–water partition coefficient (Wildman–Crippen LogP) is 2.92. The van der Waals surface area contributed by atoms with Crippen molar-refractivity contribution in [2.45, 2.75) is 25.2 Å². The molecule has 0 unspecified atom stereocenters. The van der Waals surface area contributed by atoms with Gasteiger partial charge in [0.25, 0.3) is 5.91 Å². The Morgan fingerprint density at radius 2 is 1.81 bits per heavy atom. The zero-order valence-electron chi connectivity index (χ0n) is 10.4. The lowest BCUT2D eigenvalue weighted by molar-refractivity contribution is -0.141. The quantitative estimate of drug-likeness (QED) is 0.671. The lowest BCUT2D eigenvalue weighted by Crippen LogP contribution is -2.17. The Balaban J connectivity index is 2.85. The molecule has 10 heteroatoms.